The quantitative estimate of drug-likeness (QED) is 0.435. The third-order valence-corrected chi connectivity index (χ3v) is 1.03. The molecule has 0 amide bonds. The van der Waals surface area contributed by atoms with Gasteiger partial charge in [0.2, 0.25) is 0 Å². The maximum absolute atomic E-state index is 10.1. The van der Waals surface area contributed by atoms with Crippen LogP contribution >= 0.6 is 0 Å². The van der Waals surface area contributed by atoms with Crippen molar-refractivity contribution < 1.29 is 19.8 Å². The molecule has 0 unspecified atom stereocenters. The normalized spacial score (nSPS) is 11.4. The van der Waals surface area contributed by atoms with Gasteiger partial charge in [-0.3, -0.25) is 9.59 Å². The molecule has 0 rings (SSSR count). The third-order valence-electron chi connectivity index (χ3n) is 1.03. The molecular formula is C5H12N2O4. The maximum atomic E-state index is 10.1. The molecular weight excluding hydrogens is 152 g/mol. The molecule has 0 spiro atoms. The third kappa shape index (κ3) is 5.31. The van der Waals surface area contributed by atoms with Gasteiger partial charge in [-0.2, -0.15) is 0 Å². The highest BCUT2D eigenvalue weighted by molar-refractivity contribution is 5.80. The highest BCUT2D eigenvalue weighted by Gasteiger charge is 2.17. The van der Waals surface area contributed by atoms with Gasteiger partial charge in [0.05, 0.1) is 6.42 Å². The van der Waals surface area contributed by atoms with Crippen molar-refractivity contribution in [2.24, 2.45) is 0 Å². The van der Waals surface area contributed by atoms with Gasteiger partial charge in [-0.1, -0.05) is 0 Å². The summed E-state index contributed by atoms with van der Waals surface area (Å²) in [6.45, 7) is 0. The van der Waals surface area contributed by atoms with E-state index in [4.69, 9.17) is 10.2 Å². The minimum atomic E-state index is -1.15. The van der Waals surface area contributed by atoms with Gasteiger partial charge >= 0.3 is 11.9 Å². The van der Waals surface area contributed by atoms with E-state index in [9.17, 15) is 9.59 Å². The highest BCUT2D eigenvalue weighted by Crippen LogP contribution is 1.89. The lowest BCUT2D eigenvalue weighted by molar-refractivity contribution is -0.145. The van der Waals surface area contributed by atoms with Gasteiger partial charge in [0.25, 0.3) is 0 Å². The summed E-state index contributed by atoms with van der Waals surface area (Å²) >= 11 is 0. The number of carbonyl (C=O) groups is 2. The van der Waals surface area contributed by atoms with Crippen LogP contribution in [0.25, 0.3) is 0 Å². The van der Waals surface area contributed by atoms with Crippen LogP contribution in [0, 0.1) is 0 Å². The fourth-order valence-electron chi connectivity index (χ4n) is 0.487. The largest absolute Gasteiger partial charge is 0.481 e. The van der Waals surface area contributed by atoms with Crippen LogP contribution in [0.3, 0.4) is 0 Å². The van der Waals surface area contributed by atoms with Gasteiger partial charge in [-0.25, -0.2) is 0 Å². The summed E-state index contributed by atoms with van der Waals surface area (Å²) in [4.78, 5) is 20.1. The Balaban J connectivity index is 0. The Morgan fingerprint density at radius 1 is 1.45 bits per heavy atom. The first-order valence-corrected chi connectivity index (χ1v) is 2.69. The summed E-state index contributed by atoms with van der Waals surface area (Å²) in [7, 11) is 1.40. The van der Waals surface area contributed by atoms with Crippen molar-refractivity contribution in [1.29, 1.82) is 0 Å². The molecule has 0 bridgehead atoms. The Hall–Kier alpha value is -1.14. The zero-order valence-electron chi connectivity index (χ0n) is 6.20. The molecule has 0 aromatic rings. The molecule has 0 aliphatic rings. The Bertz CT molecular complexity index is 147. The van der Waals surface area contributed by atoms with E-state index in [2.05, 4.69) is 5.32 Å². The van der Waals surface area contributed by atoms with Crippen LogP contribution in [0.5, 0.6) is 0 Å². The van der Waals surface area contributed by atoms with E-state index in [1.165, 1.54) is 7.05 Å². The molecule has 1 atom stereocenters. The zero-order valence-corrected chi connectivity index (χ0v) is 6.20. The van der Waals surface area contributed by atoms with Crippen molar-refractivity contribution in [3.05, 3.63) is 0 Å². The molecule has 0 fully saturated rings. The van der Waals surface area contributed by atoms with E-state index in [1.54, 1.807) is 0 Å². The number of hydrogen-bond donors (Lipinski definition) is 4. The maximum Gasteiger partial charge on any atom is 0.321 e. The average molecular weight is 164 g/mol. The zero-order chi connectivity index (χ0) is 8.15. The van der Waals surface area contributed by atoms with Gasteiger partial charge in [0, 0.05) is 0 Å². The van der Waals surface area contributed by atoms with Crippen molar-refractivity contribution in [2.75, 3.05) is 7.05 Å². The van der Waals surface area contributed by atoms with Gasteiger partial charge in [0.15, 0.2) is 0 Å². The average Bonchev–Trinajstić information content (AvgIpc) is 1.81. The minimum Gasteiger partial charge on any atom is -0.481 e. The topological polar surface area (TPSA) is 122 Å². The lowest BCUT2D eigenvalue weighted by Gasteiger charge is -2.06. The van der Waals surface area contributed by atoms with E-state index in [0.717, 1.165) is 0 Å². The van der Waals surface area contributed by atoms with Crippen LogP contribution in [0.2, 0.25) is 0 Å². The second-order valence-electron chi connectivity index (χ2n) is 1.78. The number of carboxylic acids is 2. The number of likely N-dealkylation sites (N-methyl/N-ethyl adjacent to an activating group) is 1. The van der Waals surface area contributed by atoms with E-state index < -0.39 is 24.4 Å². The second-order valence-corrected chi connectivity index (χ2v) is 1.78. The van der Waals surface area contributed by atoms with Crippen LogP contribution < -0.4 is 11.5 Å². The number of hydrogen-bond acceptors (Lipinski definition) is 4. The van der Waals surface area contributed by atoms with Gasteiger partial charge in [-0.15, -0.1) is 0 Å². The fraction of sp³-hybridized carbons (Fsp3) is 0.600. The van der Waals surface area contributed by atoms with Crippen molar-refractivity contribution >= 4 is 11.9 Å². The van der Waals surface area contributed by atoms with Crippen molar-refractivity contribution in [2.45, 2.75) is 12.5 Å². The monoisotopic (exact) mass is 164 g/mol. The van der Waals surface area contributed by atoms with Crippen molar-refractivity contribution in [1.82, 2.24) is 11.5 Å². The molecule has 6 heteroatoms. The lowest BCUT2D eigenvalue weighted by Crippen LogP contribution is -2.35. The van der Waals surface area contributed by atoms with Gasteiger partial charge < -0.3 is 21.7 Å². The molecule has 0 aromatic carbocycles. The predicted molar refractivity (Wildman–Crippen MR) is 37.8 cm³/mol. The number of aliphatic carboxylic acids is 2. The summed E-state index contributed by atoms with van der Waals surface area (Å²) < 4.78 is 0. The van der Waals surface area contributed by atoms with Crippen LogP contribution in [0.15, 0.2) is 0 Å². The predicted octanol–water partition coefficient (Wildman–Crippen LogP) is -0.704. The molecule has 6 N–H and O–H groups in total. The van der Waals surface area contributed by atoms with Crippen molar-refractivity contribution in [3.63, 3.8) is 0 Å². The van der Waals surface area contributed by atoms with Gasteiger partial charge in [0.1, 0.15) is 6.04 Å². The summed E-state index contributed by atoms with van der Waals surface area (Å²) in [5.41, 5.74) is 0. The molecule has 0 aromatic heterocycles. The molecule has 0 aliphatic heterocycles. The molecule has 6 nitrogen and oxygen atoms in total. The smallest absolute Gasteiger partial charge is 0.321 e. The summed E-state index contributed by atoms with van der Waals surface area (Å²) in [5, 5.41) is 18.8. The standard InChI is InChI=1S/C5H9NO4.H3N/c1-6-3(5(9)10)2-4(7)8;/h3,6H,2H2,1H3,(H,7,8)(H,9,10);1H3/t3-;/m0./s1. The molecule has 0 saturated heterocycles. The van der Waals surface area contributed by atoms with E-state index in [0.29, 0.717) is 0 Å². The first kappa shape index (κ1) is 12.5. The van der Waals surface area contributed by atoms with Crippen molar-refractivity contribution in [3.8, 4) is 0 Å². The second kappa shape index (κ2) is 5.63. The summed E-state index contributed by atoms with van der Waals surface area (Å²) in [6, 6.07) is -0.988. The molecule has 66 valence electrons. The lowest BCUT2D eigenvalue weighted by atomic mass is 10.2. The molecule has 11 heavy (non-hydrogen) atoms. The van der Waals surface area contributed by atoms with Crippen LogP contribution in [0.4, 0.5) is 0 Å². The molecule has 0 heterocycles. The number of rotatable bonds is 4. The van der Waals surface area contributed by atoms with Gasteiger partial charge in [-0.05, 0) is 7.05 Å². The number of nitrogens with one attached hydrogen (secondary N) is 1. The van der Waals surface area contributed by atoms with E-state index in [1.807, 2.05) is 0 Å². The van der Waals surface area contributed by atoms with E-state index in [-0.39, 0.29) is 6.15 Å². The highest BCUT2D eigenvalue weighted by atomic mass is 16.4. The fourth-order valence-corrected chi connectivity index (χ4v) is 0.487. The van der Waals surface area contributed by atoms with Crippen LogP contribution in [-0.4, -0.2) is 35.2 Å². The molecule has 0 radical (unpaired) electrons. The van der Waals surface area contributed by atoms with Crippen LogP contribution in [-0.2, 0) is 9.59 Å². The molecule has 0 saturated carbocycles. The minimum absolute atomic E-state index is 0. The van der Waals surface area contributed by atoms with E-state index >= 15 is 0 Å². The summed E-state index contributed by atoms with van der Waals surface area (Å²) in [6.07, 6.45) is -0.397. The Kier molecular flexibility index (Phi) is 6.41. The number of carboxylic acid groups (broad SMARTS) is 2. The first-order chi connectivity index (χ1) is 4.57. The Morgan fingerprint density at radius 2 is 1.91 bits per heavy atom. The summed E-state index contributed by atoms with van der Waals surface area (Å²) in [5.74, 6) is -2.27. The molecule has 0 aliphatic carbocycles. The Labute approximate surface area is 63.8 Å². The first-order valence-electron chi connectivity index (χ1n) is 2.69. The Morgan fingerprint density at radius 3 is 2.00 bits per heavy atom. The SMILES string of the molecule is CN[C@@H](CC(=O)O)C(=O)O.N. The van der Waals surface area contributed by atoms with Crippen LogP contribution in [0.1, 0.15) is 6.42 Å².